The second kappa shape index (κ2) is 5.99. The topological polar surface area (TPSA) is 90.1 Å². The van der Waals surface area contributed by atoms with Crippen LogP contribution >= 0.6 is 15.9 Å². The number of carbonyl (C=O) groups is 1. The molecule has 1 aromatic rings. The number of nitrogens with zero attached hydrogens (tertiary/aromatic N) is 2. The number of nitrogens with one attached hydrogen (secondary N) is 1. The van der Waals surface area contributed by atoms with E-state index >= 15 is 0 Å². The van der Waals surface area contributed by atoms with Crippen molar-refractivity contribution in [3.63, 3.8) is 0 Å². The minimum absolute atomic E-state index is 0.214. The number of amides is 1. The van der Waals surface area contributed by atoms with Gasteiger partial charge in [-0.25, -0.2) is 9.97 Å². The summed E-state index contributed by atoms with van der Waals surface area (Å²) in [5.41, 5.74) is 3.30. The van der Waals surface area contributed by atoms with Gasteiger partial charge in [0.2, 0.25) is 0 Å². The van der Waals surface area contributed by atoms with Crippen LogP contribution in [0.2, 0.25) is 0 Å². The predicted molar refractivity (Wildman–Crippen MR) is 75.1 cm³/mol. The van der Waals surface area contributed by atoms with E-state index < -0.39 is 33.8 Å². The molecule has 0 radical (unpaired) electrons. The van der Waals surface area contributed by atoms with E-state index in [-0.39, 0.29) is 12.2 Å². The highest BCUT2D eigenvalue weighted by Crippen LogP contribution is 2.33. The van der Waals surface area contributed by atoms with E-state index in [4.69, 9.17) is 10.5 Å². The first-order valence-electron chi connectivity index (χ1n) is 6.45. The Bertz CT molecular complexity index is 588. The average Bonchev–Trinajstić information content (AvgIpc) is 2.84. The molecule has 6 nitrogen and oxygen atoms in total. The summed E-state index contributed by atoms with van der Waals surface area (Å²) in [5, 5.41) is 2.56. The van der Waals surface area contributed by atoms with Gasteiger partial charge in [0.1, 0.15) is 4.60 Å². The average molecular weight is 383 g/mol. The molecule has 1 fully saturated rings. The number of hydrogen-bond acceptors (Lipinski definition) is 5. The van der Waals surface area contributed by atoms with Gasteiger partial charge >= 0.3 is 6.18 Å². The Kier molecular flexibility index (Phi) is 4.62. The molecular formula is C12H14BrF3N4O2. The molecule has 0 bridgehead atoms. The zero-order chi connectivity index (χ0) is 16.5. The van der Waals surface area contributed by atoms with Crippen molar-refractivity contribution in [2.45, 2.75) is 31.5 Å². The first kappa shape index (κ1) is 16.9. The van der Waals surface area contributed by atoms with Gasteiger partial charge in [0.25, 0.3) is 5.91 Å². The first-order chi connectivity index (χ1) is 10.1. The first-order valence-corrected chi connectivity index (χ1v) is 7.24. The summed E-state index contributed by atoms with van der Waals surface area (Å²) in [6.45, 7) is 2.67. The molecule has 1 aliphatic heterocycles. The van der Waals surface area contributed by atoms with Crippen molar-refractivity contribution < 1.29 is 22.7 Å². The Hall–Kier alpha value is -1.42. The summed E-state index contributed by atoms with van der Waals surface area (Å²) in [7, 11) is 0. The molecule has 22 heavy (non-hydrogen) atoms. The zero-order valence-corrected chi connectivity index (χ0v) is 13.2. The van der Waals surface area contributed by atoms with Crippen LogP contribution in [-0.2, 0) is 10.9 Å². The molecule has 1 aliphatic rings. The maximum atomic E-state index is 12.7. The van der Waals surface area contributed by atoms with Gasteiger partial charge in [-0.1, -0.05) is 0 Å². The predicted octanol–water partition coefficient (Wildman–Crippen LogP) is 2.14. The third kappa shape index (κ3) is 3.67. The molecule has 0 saturated carbocycles. The van der Waals surface area contributed by atoms with Crippen LogP contribution in [0.25, 0.3) is 0 Å². The molecule has 0 spiro atoms. The Morgan fingerprint density at radius 1 is 1.50 bits per heavy atom. The molecule has 2 rings (SSSR count). The fourth-order valence-corrected chi connectivity index (χ4v) is 2.59. The zero-order valence-electron chi connectivity index (χ0n) is 11.6. The SMILES string of the molecule is CC1(CNC(=O)c2nc(Br)c(C(F)(F)F)nc2N)CCCO1. The molecule has 1 amide bonds. The van der Waals surface area contributed by atoms with Crippen LogP contribution in [0.3, 0.4) is 0 Å². The van der Waals surface area contributed by atoms with Crippen LogP contribution in [0.1, 0.15) is 35.9 Å². The largest absolute Gasteiger partial charge is 0.436 e. The molecule has 1 atom stereocenters. The number of rotatable bonds is 3. The number of ether oxygens (including phenoxy) is 1. The molecule has 0 aliphatic carbocycles. The number of aromatic nitrogens is 2. The summed E-state index contributed by atoms with van der Waals surface area (Å²) >= 11 is 2.66. The highest BCUT2D eigenvalue weighted by Gasteiger charge is 2.37. The maximum absolute atomic E-state index is 12.7. The Balaban J connectivity index is 2.15. The van der Waals surface area contributed by atoms with Crippen molar-refractivity contribution in [3.05, 3.63) is 16.0 Å². The van der Waals surface area contributed by atoms with E-state index in [0.29, 0.717) is 6.61 Å². The fraction of sp³-hybridized carbons (Fsp3) is 0.583. The highest BCUT2D eigenvalue weighted by atomic mass is 79.9. The monoisotopic (exact) mass is 382 g/mol. The number of hydrogen-bond donors (Lipinski definition) is 2. The van der Waals surface area contributed by atoms with Gasteiger partial charge < -0.3 is 15.8 Å². The van der Waals surface area contributed by atoms with Gasteiger partial charge in [0, 0.05) is 13.2 Å². The van der Waals surface area contributed by atoms with Crippen LogP contribution in [0.15, 0.2) is 4.60 Å². The van der Waals surface area contributed by atoms with Crippen LogP contribution in [0.5, 0.6) is 0 Å². The third-order valence-electron chi connectivity index (χ3n) is 3.29. The lowest BCUT2D eigenvalue weighted by atomic mass is 10.0. The lowest BCUT2D eigenvalue weighted by Gasteiger charge is -2.23. The summed E-state index contributed by atoms with van der Waals surface area (Å²) in [6, 6.07) is 0. The summed E-state index contributed by atoms with van der Waals surface area (Å²) in [6.07, 6.45) is -3.04. The van der Waals surface area contributed by atoms with Gasteiger partial charge in [-0.3, -0.25) is 4.79 Å². The van der Waals surface area contributed by atoms with E-state index in [1.165, 1.54) is 0 Å². The molecule has 1 aromatic heterocycles. The number of anilines is 1. The molecule has 10 heteroatoms. The quantitative estimate of drug-likeness (QED) is 0.835. The van der Waals surface area contributed by atoms with Gasteiger partial charge in [0.05, 0.1) is 5.60 Å². The van der Waals surface area contributed by atoms with Crippen molar-refractivity contribution in [2.75, 3.05) is 18.9 Å². The fourth-order valence-electron chi connectivity index (χ4n) is 2.10. The molecule has 0 aromatic carbocycles. The number of carbonyl (C=O) groups excluding carboxylic acids is 1. The van der Waals surface area contributed by atoms with E-state index in [0.717, 1.165) is 12.8 Å². The third-order valence-corrected chi connectivity index (χ3v) is 3.84. The van der Waals surface area contributed by atoms with E-state index in [1.54, 1.807) is 0 Å². The van der Waals surface area contributed by atoms with E-state index in [1.807, 2.05) is 6.92 Å². The van der Waals surface area contributed by atoms with Gasteiger partial charge in [-0.2, -0.15) is 13.2 Å². The van der Waals surface area contributed by atoms with Gasteiger partial charge in [-0.15, -0.1) is 0 Å². The number of nitrogen functional groups attached to an aromatic ring is 1. The Labute approximate surface area is 132 Å². The standard InChI is InChI=1S/C12H14BrF3N4O2/c1-11(3-2-4-22-11)5-18-10(21)6-9(17)20-7(8(13)19-6)12(14,15)16/h2-5H2,1H3,(H2,17,20)(H,18,21). The van der Waals surface area contributed by atoms with E-state index in [2.05, 4.69) is 31.2 Å². The molecule has 3 N–H and O–H groups in total. The van der Waals surface area contributed by atoms with Crippen molar-refractivity contribution >= 4 is 27.7 Å². The molecule has 2 heterocycles. The second-order valence-corrected chi connectivity index (χ2v) is 5.93. The summed E-state index contributed by atoms with van der Waals surface area (Å²) in [5.74, 6) is -1.28. The second-order valence-electron chi connectivity index (χ2n) is 5.18. The minimum Gasteiger partial charge on any atom is -0.382 e. The molecule has 1 saturated heterocycles. The smallest absolute Gasteiger partial charge is 0.382 e. The highest BCUT2D eigenvalue weighted by molar-refractivity contribution is 9.10. The molecule has 1 unspecified atom stereocenters. The molecular weight excluding hydrogens is 369 g/mol. The van der Waals surface area contributed by atoms with Crippen molar-refractivity contribution in [2.24, 2.45) is 0 Å². The van der Waals surface area contributed by atoms with Gasteiger partial charge in [0.15, 0.2) is 17.2 Å². The minimum atomic E-state index is -4.71. The van der Waals surface area contributed by atoms with Crippen molar-refractivity contribution in [1.29, 1.82) is 0 Å². The van der Waals surface area contributed by atoms with E-state index in [9.17, 15) is 18.0 Å². The van der Waals surface area contributed by atoms with Crippen LogP contribution < -0.4 is 11.1 Å². The van der Waals surface area contributed by atoms with Gasteiger partial charge in [-0.05, 0) is 35.7 Å². The Morgan fingerprint density at radius 2 is 2.18 bits per heavy atom. The van der Waals surface area contributed by atoms with Crippen LogP contribution in [0.4, 0.5) is 19.0 Å². The lowest BCUT2D eigenvalue weighted by molar-refractivity contribution is -0.142. The lowest BCUT2D eigenvalue weighted by Crippen LogP contribution is -2.40. The summed E-state index contributed by atoms with van der Waals surface area (Å²) in [4.78, 5) is 18.8. The maximum Gasteiger partial charge on any atom is 0.436 e. The number of halogens is 4. The van der Waals surface area contributed by atoms with Crippen LogP contribution in [-0.4, -0.2) is 34.6 Å². The van der Waals surface area contributed by atoms with Crippen molar-refractivity contribution in [3.8, 4) is 0 Å². The summed E-state index contributed by atoms with van der Waals surface area (Å²) < 4.78 is 42.9. The van der Waals surface area contributed by atoms with Crippen LogP contribution in [0, 0.1) is 0 Å². The number of alkyl halides is 3. The normalized spacial score (nSPS) is 21.9. The molecule has 122 valence electrons. The number of nitrogens with two attached hydrogens (primary N) is 1. The van der Waals surface area contributed by atoms with Crippen molar-refractivity contribution in [1.82, 2.24) is 15.3 Å². The Morgan fingerprint density at radius 3 is 2.73 bits per heavy atom.